The van der Waals surface area contributed by atoms with E-state index in [0.29, 0.717) is 0 Å². The normalized spacial score (nSPS) is 17.0. The average molecular weight is 228 g/mol. The number of allylic oxidation sites excluding steroid dienone is 1. The van der Waals surface area contributed by atoms with E-state index in [1.54, 1.807) is 0 Å². The third-order valence-corrected chi connectivity index (χ3v) is 4.00. The Morgan fingerprint density at radius 2 is 2.00 bits per heavy atom. The van der Waals surface area contributed by atoms with E-state index >= 15 is 0 Å². The first-order chi connectivity index (χ1) is 8.29. The summed E-state index contributed by atoms with van der Waals surface area (Å²) >= 11 is 0. The number of benzene rings is 1. The first kappa shape index (κ1) is 12.4. The molecule has 0 saturated heterocycles. The smallest absolute Gasteiger partial charge is 0.0228 e. The summed E-state index contributed by atoms with van der Waals surface area (Å²) in [5, 5.41) is 0. The number of hydrogen-bond acceptors (Lipinski definition) is 0. The van der Waals surface area contributed by atoms with Gasteiger partial charge in [-0.25, -0.2) is 0 Å². The van der Waals surface area contributed by atoms with Crippen LogP contribution in [0.25, 0.3) is 5.57 Å². The maximum atomic E-state index is 4.29. The van der Waals surface area contributed by atoms with Crippen LogP contribution in [0.15, 0.2) is 30.8 Å². The standard InChI is InChI=1S/C17H24/c1-3-15-10-7-11-17(13-15)14(2)12-16-8-5-4-6-9-16/h7,10-11,13,16H,2-6,8-9,12H2,1H3. The quantitative estimate of drug-likeness (QED) is 0.661. The number of aryl methyl sites for hydroxylation is 1. The lowest BCUT2D eigenvalue weighted by molar-refractivity contribution is 0.365. The van der Waals surface area contributed by atoms with E-state index in [4.69, 9.17) is 0 Å². The first-order valence-corrected chi connectivity index (χ1v) is 7.06. The molecule has 1 aliphatic rings. The molecule has 2 rings (SSSR count). The second-order valence-corrected chi connectivity index (χ2v) is 5.37. The van der Waals surface area contributed by atoms with E-state index < -0.39 is 0 Å². The van der Waals surface area contributed by atoms with Crippen LogP contribution in [0.5, 0.6) is 0 Å². The summed E-state index contributed by atoms with van der Waals surface area (Å²) in [7, 11) is 0. The van der Waals surface area contributed by atoms with Gasteiger partial charge in [-0.15, -0.1) is 0 Å². The lowest BCUT2D eigenvalue weighted by Crippen LogP contribution is -2.06. The minimum absolute atomic E-state index is 0.890. The predicted octanol–water partition coefficient (Wildman–Crippen LogP) is 5.23. The van der Waals surface area contributed by atoms with Gasteiger partial charge in [0.2, 0.25) is 0 Å². The Hall–Kier alpha value is -1.04. The summed E-state index contributed by atoms with van der Waals surface area (Å²) in [5.41, 5.74) is 4.12. The minimum Gasteiger partial charge on any atom is -0.0952 e. The molecule has 17 heavy (non-hydrogen) atoms. The summed E-state index contributed by atoms with van der Waals surface area (Å²) in [4.78, 5) is 0. The second-order valence-electron chi connectivity index (χ2n) is 5.37. The molecule has 1 aliphatic carbocycles. The molecule has 1 saturated carbocycles. The lowest BCUT2D eigenvalue weighted by Gasteiger charge is -2.22. The van der Waals surface area contributed by atoms with Crippen molar-refractivity contribution in [3.05, 3.63) is 42.0 Å². The third-order valence-electron chi connectivity index (χ3n) is 4.00. The molecular formula is C17H24. The Labute approximate surface area is 106 Å². The fourth-order valence-electron chi connectivity index (χ4n) is 2.87. The molecule has 0 unspecified atom stereocenters. The van der Waals surface area contributed by atoms with E-state index in [9.17, 15) is 0 Å². The fraction of sp³-hybridized carbons (Fsp3) is 0.529. The fourth-order valence-corrected chi connectivity index (χ4v) is 2.87. The van der Waals surface area contributed by atoms with Gasteiger partial charge in [-0.2, -0.15) is 0 Å². The molecule has 0 aliphatic heterocycles. The molecule has 0 atom stereocenters. The molecule has 1 aromatic carbocycles. The molecular weight excluding hydrogens is 204 g/mol. The van der Waals surface area contributed by atoms with Gasteiger partial charge in [-0.3, -0.25) is 0 Å². The van der Waals surface area contributed by atoms with Gasteiger partial charge in [-0.1, -0.05) is 69.9 Å². The van der Waals surface area contributed by atoms with Gasteiger partial charge in [0.05, 0.1) is 0 Å². The molecule has 0 heteroatoms. The predicted molar refractivity (Wildman–Crippen MR) is 76.0 cm³/mol. The molecule has 0 bridgehead atoms. The van der Waals surface area contributed by atoms with Gasteiger partial charge in [0.15, 0.2) is 0 Å². The number of rotatable bonds is 4. The topological polar surface area (TPSA) is 0 Å². The van der Waals surface area contributed by atoms with Crippen LogP contribution in [0.3, 0.4) is 0 Å². The van der Waals surface area contributed by atoms with Crippen LogP contribution in [0, 0.1) is 5.92 Å². The number of hydrogen-bond donors (Lipinski definition) is 0. The zero-order valence-corrected chi connectivity index (χ0v) is 11.0. The summed E-state index contributed by atoms with van der Waals surface area (Å²) in [6.07, 6.45) is 9.42. The Bertz CT molecular complexity index is 369. The summed E-state index contributed by atoms with van der Waals surface area (Å²) in [5.74, 6) is 0.890. The van der Waals surface area contributed by atoms with Crippen LogP contribution in [-0.4, -0.2) is 0 Å². The van der Waals surface area contributed by atoms with Gasteiger partial charge < -0.3 is 0 Å². The van der Waals surface area contributed by atoms with E-state index in [1.807, 2.05) is 0 Å². The van der Waals surface area contributed by atoms with Crippen LogP contribution in [0.2, 0.25) is 0 Å². The van der Waals surface area contributed by atoms with Crippen molar-refractivity contribution in [1.29, 1.82) is 0 Å². The van der Waals surface area contributed by atoms with Crippen LogP contribution in [-0.2, 0) is 6.42 Å². The van der Waals surface area contributed by atoms with Crippen molar-refractivity contribution < 1.29 is 0 Å². The molecule has 92 valence electrons. The van der Waals surface area contributed by atoms with Gasteiger partial charge in [-0.05, 0) is 35.5 Å². The van der Waals surface area contributed by atoms with Crippen molar-refractivity contribution in [3.8, 4) is 0 Å². The zero-order valence-electron chi connectivity index (χ0n) is 11.0. The van der Waals surface area contributed by atoms with E-state index in [-0.39, 0.29) is 0 Å². The SMILES string of the molecule is C=C(CC1CCCCC1)c1cccc(CC)c1. The molecule has 0 amide bonds. The van der Waals surface area contributed by atoms with Crippen molar-refractivity contribution in [3.63, 3.8) is 0 Å². The molecule has 1 fully saturated rings. The minimum atomic E-state index is 0.890. The lowest BCUT2D eigenvalue weighted by atomic mass is 9.83. The summed E-state index contributed by atoms with van der Waals surface area (Å²) in [6, 6.07) is 8.90. The molecule has 0 radical (unpaired) electrons. The molecule has 1 aromatic rings. The maximum absolute atomic E-state index is 4.29. The van der Waals surface area contributed by atoms with Crippen molar-refractivity contribution in [2.24, 2.45) is 5.92 Å². The Morgan fingerprint density at radius 1 is 1.24 bits per heavy atom. The van der Waals surface area contributed by atoms with Crippen molar-refractivity contribution in [2.45, 2.75) is 51.9 Å². The zero-order chi connectivity index (χ0) is 12.1. The first-order valence-electron chi connectivity index (χ1n) is 7.06. The molecule has 0 N–H and O–H groups in total. The monoisotopic (exact) mass is 228 g/mol. The highest BCUT2D eigenvalue weighted by Gasteiger charge is 2.14. The molecule has 0 nitrogen and oxygen atoms in total. The molecule has 0 aromatic heterocycles. The Balaban J connectivity index is 1.98. The van der Waals surface area contributed by atoms with Gasteiger partial charge in [0, 0.05) is 0 Å². The molecule has 0 spiro atoms. The van der Waals surface area contributed by atoms with E-state index in [0.717, 1.165) is 12.3 Å². The van der Waals surface area contributed by atoms with Gasteiger partial charge >= 0.3 is 0 Å². The highest BCUT2D eigenvalue weighted by atomic mass is 14.2. The third kappa shape index (κ3) is 3.46. The molecule has 0 heterocycles. The highest BCUT2D eigenvalue weighted by molar-refractivity contribution is 5.64. The largest absolute Gasteiger partial charge is 0.0952 e. The van der Waals surface area contributed by atoms with E-state index in [2.05, 4.69) is 37.8 Å². The van der Waals surface area contributed by atoms with Crippen molar-refractivity contribution in [2.75, 3.05) is 0 Å². The Morgan fingerprint density at radius 3 is 2.71 bits per heavy atom. The van der Waals surface area contributed by atoms with E-state index in [1.165, 1.54) is 55.2 Å². The van der Waals surface area contributed by atoms with Gasteiger partial charge in [0.25, 0.3) is 0 Å². The maximum Gasteiger partial charge on any atom is -0.0228 e. The average Bonchev–Trinajstić information content (AvgIpc) is 2.40. The summed E-state index contributed by atoms with van der Waals surface area (Å²) in [6.45, 7) is 6.51. The van der Waals surface area contributed by atoms with Crippen molar-refractivity contribution >= 4 is 5.57 Å². The van der Waals surface area contributed by atoms with Gasteiger partial charge in [0.1, 0.15) is 0 Å². The van der Waals surface area contributed by atoms with Crippen LogP contribution < -0.4 is 0 Å². The summed E-state index contributed by atoms with van der Waals surface area (Å²) < 4.78 is 0. The Kier molecular flexibility index (Phi) is 4.42. The second kappa shape index (κ2) is 6.05. The van der Waals surface area contributed by atoms with Crippen LogP contribution in [0.1, 0.15) is 56.6 Å². The van der Waals surface area contributed by atoms with Crippen molar-refractivity contribution in [1.82, 2.24) is 0 Å². The highest BCUT2D eigenvalue weighted by Crippen LogP contribution is 2.31. The van der Waals surface area contributed by atoms with Crippen LogP contribution >= 0.6 is 0 Å². The van der Waals surface area contributed by atoms with Crippen LogP contribution in [0.4, 0.5) is 0 Å².